The molecule has 1 N–H and O–H groups in total. The van der Waals surface area contributed by atoms with Gasteiger partial charge in [0.1, 0.15) is 0 Å². The Labute approximate surface area is 101 Å². The van der Waals surface area contributed by atoms with Crippen molar-refractivity contribution in [3.8, 4) is 0 Å². The number of nitrogens with zero attached hydrogens (tertiary/aromatic N) is 1. The SMILES string of the molecule is CCOCCN=C1NC2(CCOCC2)CS1. The van der Waals surface area contributed by atoms with E-state index in [1.807, 2.05) is 18.7 Å². The fourth-order valence-corrected chi connectivity index (χ4v) is 3.22. The zero-order valence-electron chi connectivity index (χ0n) is 9.83. The van der Waals surface area contributed by atoms with Crippen molar-refractivity contribution in [1.82, 2.24) is 5.32 Å². The molecule has 0 saturated carbocycles. The Morgan fingerprint density at radius 3 is 3.06 bits per heavy atom. The summed E-state index contributed by atoms with van der Waals surface area (Å²) in [5.41, 5.74) is 0.257. The summed E-state index contributed by atoms with van der Waals surface area (Å²) < 4.78 is 10.7. The Kier molecular flexibility index (Phi) is 4.49. The summed E-state index contributed by atoms with van der Waals surface area (Å²) in [6, 6.07) is 0. The molecule has 2 aliphatic rings. The van der Waals surface area contributed by atoms with E-state index < -0.39 is 0 Å². The lowest BCUT2D eigenvalue weighted by Gasteiger charge is -2.32. The highest BCUT2D eigenvalue weighted by atomic mass is 32.2. The zero-order chi connectivity index (χ0) is 11.3. The van der Waals surface area contributed by atoms with E-state index >= 15 is 0 Å². The number of hydrogen-bond acceptors (Lipinski definition) is 4. The predicted molar refractivity (Wildman–Crippen MR) is 67.2 cm³/mol. The number of rotatable bonds is 4. The first-order valence-electron chi connectivity index (χ1n) is 5.96. The second-order valence-electron chi connectivity index (χ2n) is 4.19. The summed E-state index contributed by atoms with van der Waals surface area (Å²) in [7, 11) is 0. The summed E-state index contributed by atoms with van der Waals surface area (Å²) in [6.45, 7) is 6.01. The van der Waals surface area contributed by atoms with Crippen LogP contribution in [-0.2, 0) is 9.47 Å². The molecule has 1 spiro atoms. The van der Waals surface area contributed by atoms with E-state index in [2.05, 4.69) is 10.3 Å². The van der Waals surface area contributed by atoms with Crippen molar-refractivity contribution in [2.45, 2.75) is 25.3 Å². The van der Waals surface area contributed by atoms with Gasteiger partial charge in [0.2, 0.25) is 0 Å². The van der Waals surface area contributed by atoms with Crippen molar-refractivity contribution in [3.05, 3.63) is 0 Å². The third-order valence-electron chi connectivity index (χ3n) is 3.00. The van der Waals surface area contributed by atoms with Crippen molar-refractivity contribution in [3.63, 3.8) is 0 Å². The van der Waals surface area contributed by atoms with Gasteiger partial charge < -0.3 is 14.8 Å². The van der Waals surface area contributed by atoms with Gasteiger partial charge in [0.25, 0.3) is 0 Å². The molecule has 0 radical (unpaired) electrons. The highest BCUT2D eigenvalue weighted by molar-refractivity contribution is 8.14. The third kappa shape index (κ3) is 3.12. The molecule has 0 aromatic heterocycles. The molecule has 0 unspecified atom stereocenters. The zero-order valence-corrected chi connectivity index (χ0v) is 10.6. The molecule has 0 amide bonds. The first-order chi connectivity index (χ1) is 7.85. The Hall–Kier alpha value is -0.260. The van der Waals surface area contributed by atoms with Gasteiger partial charge in [-0.25, -0.2) is 0 Å². The molecule has 0 atom stereocenters. The molecular formula is C11H20N2O2S. The van der Waals surface area contributed by atoms with Crippen LogP contribution in [0, 0.1) is 0 Å². The molecule has 92 valence electrons. The number of amidine groups is 1. The van der Waals surface area contributed by atoms with Crippen LogP contribution in [0.4, 0.5) is 0 Å². The topological polar surface area (TPSA) is 42.8 Å². The van der Waals surface area contributed by atoms with Crippen LogP contribution < -0.4 is 5.32 Å². The highest BCUT2D eigenvalue weighted by Crippen LogP contribution is 2.31. The van der Waals surface area contributed by atoms with Gasteiger partial charge in [-0.05, 0) is 19.8 Å². The van der Waals surface area contributed by atoms with E-state index in [1.165, 1.54) is 0 Å². The molecular weight excluding hydrogens is 224 g/mol. The normalized spacial score (nSPS) is 26.2. The Balaban J connectivity index is 1.77. The van der Waals surface area contributed by atoms with Crippen molar-refractivity contribution < 1.29 is 9.47 Å². The van der Waals surface area contributed by atoms with Crippen molar-refractivity contribution in [2.75, 3.05) is 38.7 Å². The molecule has 0 aromatic carbocycles. The Bertz CT molecular complexity index is 252. The maximum Gasteiger partial charge on any atom is 0.157 e. The molecule has 2 saturated heterocycles. The summed E-state index contributed by atoms with van der Waals surface area (Å²) >= 11 is 1.83. The maximum atomic E-state index is 5.40. The summed E-state index contributed by atoms with van der Waals surface area (Å²) in [6.07, 6.45) is 2.20. The molecule has 4 nitrogen and oxygen atoms in total. The lowest BCUT2D eigenvalue weighted by atomic mass is 9.93. The Morgan fingerprint density at radius 2 is 2.31 bits per heavy atom. The fourth-order valence-electron chi connectivity index (χ4n) is 1.98. The van der Waals surface area contributed by atoms with Crippen molar-refractivity contribution in [1.29, 1.82) is 0 Å². The minimum absolute atomic E-state index is 0.257. The molecule has 2 rings (SSSR count). The number of aliphatic imine (C=N–C) groups is 1. The highest BCUT2D eigenvalue weighted by Gasteiger charge is 2.38. The van der Waals surface area contributed by atoms with E-state index in [0.717, 1.165) is 56.7 Å². The lowest BCUT2D eigenvalue weighted by Crippen LogP contribution is -2.48. The average Bonchev–Trinajstić information content (AvgIpc) is 2.69. The number of nitrogens with one attached hydrogen (secondary N) is 1. The van der Waals surface area contributed by atoms with Crippen LogP contribution in [0.3, 0.4) is 0 Å². The van der Waals surface area contributed by atoms with Crippen molar-refractivity contribution >= 4 is 16.9 Å². The minimum atomic E-state index is 0.257. The second kappa shape index (κ2) is 5.89. The average molecular weight is 244 g/mol. The van der Waals surface area contributed by atoms with Gasteiger partial charge in [-0.15, -0.1) is 0 Å². The van der Waals surface area contributed by atoms with Gasteiger partial charge in [-0.2, -0.15) is 0 Å². The molecule has 2 fully saturated rings. The van der Waals surface area contributed by atoms with E-state index in [0.29, 0.717) is 0 Å². The van der Waals surface area contributed by atoms with Gasteiger partial charge in [0, 0.05) is 25.6 Å². The van der Waals surface area contributed by atoms with Crippen LogP contribution in [0.15, 0.2) is 4.99 Å². The molecule has 2 aliphatic heterocycles. The number of hydrogen-bond donors (Lipinski definition) is 1. The molecule has 16 heavy (non-hydrogen) atoms. The molecule has 5 heteroatoms. The van der Waals surface area contributed by atoms with Gasteiger partial charge in [0.05, 0.1) is 18.7 Å². The van der Waals surface area contributed by atoms with Gasteiger partial charge in [-0.3, -0.25) is 4.99 Å². The Morgan fingerprint density at radius 1 is 1.50 bits per heavy atom. The summed E-state index contributed by atoms with van der Waals surface area (Å²) in [4.78, 5) is 4.51. The quantitative estimate of drug-likeness (QED) is 0.756. The summed E-state index contributed by atoms with van der Waals surface area (Å²) in [5, 5.41) is 4.65. The first kappa shape index (κ1) is 12.2. The number of thioether (sulfide) groups is 1. The number of ether oxygens (including phenoxy) is 2. The minimum Gasteiger partial charge on any atom is -0.381 e. The monoisotopic (exact) mass is 244 g/mol. The van der Waals surface area contributed by atoms with E-state index in [4.69, 9.17) is 9.47 Å². The molecule has 0 aliphatic carbocycles. The van der Waals surface area contributed by atoms with Crippen LogP contribution in [0.25, 0.3) is 0 Å². The van der Waals surface area contributed by atoms with Crippen LogP contribution in [0.1, 0.15) is 19.8 Å². The molecule has 2 heterocycles. The second-order valence-corrected chi connectivity index (χ2v) is 5.15. The van der Waals surface area contributed by atoms with E-state index in [-0.39, 0.29) is 5.54 Å². The third-order valence-corrected chi connectivity index (χ3v) is 4.20. The van der Waals surface area contributed by atoms with E-state index in [1.54, 1.807) is 0 Å². The molecule has 0 bridgehead atoms. The lowest BCUT2D eigenvalue weighted by molar-refractivity contribution is 0.0555. The van der Waals surface area contributed by atoms with Crippen LogP contribution in [0.2, 0.25) is 0 Å². The maximum absolute atomic E-state index is 5.40. The van der Waals surface area contributed by atoms with Crippen molar-refractivity contribution in [2.24, 2.45) is 4.99 Å². The van der Waals surface area contributed by atoms with E-state index in [9.17, 15) is 0 Å². The van der Waals surface area contributed by atoms with Crippen LogP contribution >= 0.6 is 11.8 Å². The fraction of sp³-hybridized carbons (Fsp3) is 0.909. The molecule has 0 aromatic rings. The largest absolute Gasteiger partial charge is 0.381 e. The van der Waals surface area contributed by atoms with Gasteiger partial charge in [-0.1, -0.05) is 11.8 Å². The summed E-state index contributed by atoms with van der Waals surface area (Å²) in [5.74, 6) is 1.13. The smallest absolute Gasteiger partial charge is 0.157 e. The van der Waals surface area contributed by atoms with Gasteiger partial charge in [0.15, 0.2) is 5.17 Å². The standard InChI is InChI=1S/C11H20N2O2S/c1-2-14-8-5-12-10-13-11(9-16-10)3-6-15-7-4-11/h2-9H2,1H3,(H,12,13). The first-order valence-corrected chi connectivity index (χ1v) is 6.94. The predicted octanol–water partition coefficient (Wildman–Crippen LogP) is 1.26. The van der Waals surface area contributed by atoms with Crippen LogP contribution in [-0.4, -0.2) is 49.4 Å². The van der Waals surface area contributed by atoms with Gasteiger partial charge >= 0.3 is 0 Å². The van der Waals surface area contributed by atoms with Crippen LogP contribution in [0.5, 0.6) is 0 Å².